The Balaban J connectivity index is 0.00000261. The number of carbonyl (C=O) groups is 1. The molecule has 3 rings (SSSR count). The maximum atomic E-state index is 12.9. The van der Waals surface area contributed by atoms with Crippen molar-refractivity contribution < 1.29 is 33.5 Å². The predicted molar refractivity (Wildman–Crippen MR) is 111 cm³/mol. The molecule has 0 aliphatic heterocycles. The fourth-order valence-electron chi connectivity index (χ4n) is 3.71. The molecule has 4 heteroatoms. The van der Waals surface area contributed by atoms with Gasteiger partial charge in [0.15, 0.2) is 5.66 Å². The molecule has 0 bridgehead atoms. The van der Waals surface area contributed by atoms with Crippen LogP contribution in [0.15, 0.2) is 91.0 Å². The van der Waals surface area contributed by atoms with Crippen LogP contribution in [0.1, 0.15) is 13.3 Å². The van der Waals surface area contributed by atoms with Crippen molar-refractivity contribution in [2.45, 2.75) is 19.0 Å². The molecule has 3 aromatic carbocycles. The van der Waals surface area contributed by atoms with E-state index in [0.29, 0.717) is 0 Å². The molecule has 0 fully saturated rings. The molecule has 0 radical (unpaired) electrons. The minimum atomic E-state index is -2.21. The number of hydrogen-bond donors (Lipinski definition) is 0. The molecule has 140 valence electrons. The molecule has 0 saturated carbocycles. The minimum absolute atomic E-state index is 0. The van der Waals surface area contributed by atoms with Gasteiger partial charge in [0.25, 0.3) is 0 Å². The van der Waals surface area contributed by atoms with E-state index in [1.54, 1.807) is 0 Å². The van der Waals surface area contributed by atoms with E-state index in [1.807, 2.05) is 18.2 Å². The third-order valence-electron chi connectivity index (χ3n) is 4.82. The Morgan fingerprint density at radius 1 is 0.778 bits per heavy atom. The summed E-state index contributed by atoms with van der Waals surface area (Å²) < 4.78 is 5.26. The second-order valence-corrected chi connectivity index (χ2v) is 9.79. The normalized spacial score (nSPS) is 11.9. The Labute approximate surface area is 179 Å². The molecule has 0 amide bonds. The number of hydrogen-bond acceptors (Lipinski definition) is 2. The molecule has 3 aromatic rings. The first kappa shape index (κ1) is 21.6. The Morgan fingerprint density at radius 3 is 1.37 bits per heavy atom. The first-order valence-corrected chi connectivity index (χ1v) is 10.7. The van der Waals surface area contributed by atoms with Crippen LogP contribution in [0.5, 0.6) is 0 Å². The summed E-state index contributed by atoms with van der Waals surface area (Å²) in [5.74, 6) is -0.141. The number of benzene rings is 3. The maximum absolute atomic E-state index is 12.9. The fourth-order valence-corrected chi connectivity index (χ4v) is 8.58. The zero-order chi connectivity index (χ0) is 18.4. The van der Waals surface area contributed by atoms with Crippen molar-refractivity contribution in [3.8, 4) is 0 Å². The zero-order valence-corrected chi connectivity index (χ0v) is 18.6. The third kappa shape index (κ3) is 4.09. The molecule has 27 heavy (non-hydrogen) atoms. The molecule has 1 unspecified atom stereocenters. The van der Waals surface area contributed by atoms with Gasteiger partial charge in [0.05, 0.1) is 7.11 Å². The quantitative estimate of drug-likeness (QED) is 0.292. The summed E-state index contributed by atoms with van der Waals surface area (Å²) in [5.41, 5.74) is -0.223. The number of carbonyl (C=O) groups excluding carboxylic acids is 1. The molecule has 2 nitrogen and oxygen atoms in total. The van der Waals surface area contributed by atoms with Gasteiger partial charge in [0.1, 0.15) is 23.2 Å². The first-order valence-electron chi connectivity index (χ1n) is 8.88. The number of ether oxygens (including phenoxy) is 1. The summed E-state index contributed by atoms with van der Waals surface area (Å²) in [7, 11) is -0.724. The Kier molecular flexibility index (Phi) is 8.00. The molecule has 0 aromatic heterocycles. The van der Waals surface area contributed by atoms with Crippen LogP contribution >= 0.6 is 7.26 Å². The average Bonchev–Trinajstić information content (AvgIpc) is 2.73. The number of esters is 1. The number of halogens is 1. The lowest BCUT2D eigenvalue weighted by Crippen LogP contribution is -3.00. The van der Waals surface area contributed by atoms with Crippen molar-refractivity contribution in [3.05, 3.63) is 91.0 Å². The molecule has 0 aliphatic rings. The van der Waals surface area contributed by atoms with Gasteiger partial charge in [-0.3, -0.25) is 0 Å². The van der Waals surface area contributed by atoms with Gasteiger partial charge in [-0.1, -0.05) is 61.5 Å². The van der Waals surface area contributed by atoms with E-state index in [0.717, 1.165) is 6.42 Å². The summed E-state index contributed by atoms with van der Waals surface area (Å²) in [6.07, 6.45) is 0.721. The van der Waals surface area contributed by atoms with Crippen molar-refractivity contribution in [3.63, 3.8) is 0 Å². The second kappa shape index (κ2) is 10.0. The van der Waals surface area contributed by atoms with Crippen LogP contribution in [0, 0.1) is 0 Å². The van der Waals surface area contributed by atoms with Crippen LogP contribution in [0.3, 0.4) is 0 Å². The van der Waals surface area contributed by atoms with Crippen LogP contribution in [0.4, 0.5) is 0 Å². The maximum Gasteiger partial charge on any atom is 0.347 e. The SMILES string of the molecule is CCC(C(=O)OC)[P+](c1ccccc1)(c1ccccc1)c1ccccc1.[I-]. The topological polar surface area (TPSA) is 26.3 Å². The molecule has 1 atom stereocenters. The Hall–Kier alpha value is -1.71. The fraction of sp³-hybridized carbons (Fsp3) is 0.174. The number of methoxy groups -OCH3 is 1. The average molecular weight is 490 g/mol. The van der Waals surface area contributed by atoms with Crippen molar-refractivity contribution in [2.75, 3.05) is 7.11 Å². The zero-order valence-electron chi connectivity index (χ0n) is 15.6. The lowest BCUT2D eigenvalue weighted by atomic mass is 10.3. The summed E-state index contributed by atoms with van der Waals surface area (Å²) in [6.45, 7) is 2.07. The van der Waals surface area contributed by atoms with Crippen molar-refractivity contribution in [1.82, 2.24) is 0 Å². The van der Waals surface area contributed by atoms with Crippen molar-refractivity contribution >= 4 is 29.1 Å². The monoisotopic (exact) mass is 490 g/mol. The lowest BCUT2D eigenvalue weighted by molar-refractivity contribution is -0.140. The van der Waals surface area contributed by atoms with Gasteiger partial charge in [0.2, 0.25) is 0 Å². The predicted octanol–water partition coefficient (Wildman–Crippen LogP) is 0.936. The molecule has 0 N–H and O–H groups in total. The Bertz CT molecular complexity index is 741. The molecule has 0 heterocycles. The van der Waals surface area contributed by atoms with Gasteiger partial charge in [-0.05, 0) is 42.8 Å². The van der Waals surface area contributed by atoms with Gasteiger partial charge in [-0.2, -0.15) is 0 Å². The third-order valence-corrected chi connectivity index (χ3v) is 9.67. The number of rotatable bonds is 6. The second-order valence-electron chi connectivity index (χ2n) is 6.18. The highest BCUT2D eigenvalue weighted by Gasteiger charge is 2.55. The summed E-state index contributed by atoms with van der Waals surface area (Å²) in [6, 6.07) is 31.3. The highest BCUT2D eigenvalue weighted by atomic mass is 127. The molecule has 0 saturated heterocycles. The lowest BCUT2D eigenvalue weighted by Gasteiger charge is -2.32. The van der Waals surface area contributed by atoms with Gasteiger partial charge in [0, 0.05) is 0 Å². The van der Waals surface area contributed by atoms with E-state index in [1.165, 1.54) is 23.0 Å². The van der Waals surface area contributed by atoms with Gasteiger partial charge in [-0.15, -0.1) is 0 Å². The highest BCUT2D eigenvalue weighted by molar-refractivity contribution is 7.96. The van der Waals surface area contributed by atoms with Crippen LogP contribution < -0.4 is 39.9 Å². The largest absolute Gasteiger partial charge is 1.00 e. The molecule has 0 aliphatic carbocycles. The van der Waals surface area contributed by atoms with Crippen LogP contribution in [0.2, 0.25) is 0 Å². The van der Waals surface area contributed by atoms with E-state index >= 15 is 0 Å². The summed E-state index contributed by atoms with van der Waals surface area (Å²) >= 11 is 0. The van der Waals surface area contributed by atoms with Crippen molar-refractivity contribution in [1.29, 1.82) is 0 Å². The van der Waals surface area contributed by atoms with E-state index in [-0.39, 0.29) is 35.6 Å². The van der Waals surface area contributed by atoms with Gasteiger partial charge >= 0.3 is 5.97 Å². The summed E-state index contributed by atoms with van der Waals surface area (Å²) in [4.78, 5) is 12.9. The smallest absolute Gasteiger partial charge is 0.347 e. The van der Waals surface area contributed by atoms with Crippen LogP contribution in [-0.4, -0.2) is 18.7 Å². The standard InChI is InChI=1S/C23H24O2P.HI/c1-3-22(23(24)25-2)26(19-13-7-4-8-14-19,20-15-9-5-10-16-20)21-17-11-6-12-18-21;/h4-18,22H,3H2,1-2H3;1H/q+1;/p-1. The highest BCUT2D eigenvalue weighted by Crippen LogP contribution is 2.60. The van der Waals surface area contributed by atoms with E-state index in [4.69, 9.17) is 4.74 Å². The van der Waals surface area contributed by atoms with Crippen molar-refractivity contribution in [2.24, 2.45) is 0 Å². The van der Waals surface area contributed by atoms with Crippen LogP contribution in [-0.2, 0) is 9.53 Å². The molecular weight excluding hydrogens is 466 g/mol. The van der Waals surface area contributed by atoms with Gasteiger partial charge in [-0.25, -0.2) is 4.79 Å². The molecular formula is C23H24IO2P. The molecule has 0 spiro atoms. The Morgan fingerprint density at radius 2 is 1.11 bits per heavy atom. The van der Waals surface area contributed by atoms with E-state index in [9.17, 15) is 4.79 Å². The van der Waals surface area contributed by atoms with E-state index in [2.05, 4.69) is 79.7 Å². The van der Waals surface area contributed by atoms with Gasteiger partial charge < -0.3 is 28.7 Å². The first-order chi connectivity index (χ1) is 12.7. The minimum Gasteiger partial charge on any atom is -1.00 e. The van der Waals surface area contributed by atoms with E-state index < -0.39 is 7.26 Å². The van der Waals surface area contributed by atoms with Crippen LogP contribution in [0.25, 0.3) is 0 Å². The summed E-state index contributed by atoms with van der Waals surface area (Å²) in [5, 5.41) is 3.61.